The van der Waals surface area contributed by atoms with Crippen LogP contribution in [0.3, 0.4) is 0 Å². The zero-order chi connectivity index (χ0) is 17.9. The van der Waals surface area contributed by atoms with Crippen LogP contribution < -0.4 is 17.0 Å². The van der Waals surface area contributed by atoms with Crippen LogP contribution in [0.5, 0.6) is 0 Å². The van der Waals surface area contributed by atoms with E-state index >= 15 is 0 Å². The van der Waals surface area contributed by atoms with Gasteiger partial charge in [-0.2, -0.15) is 0 Å². The predicted molar refractivity (Wildman–Crippen MR) is 112 cm³/mol. The first-order chi connectivity index (χ1) is 11.7. The van der Waals surface area contributed by atoms with Crippen molar-refractivity contribution in [2.24, 2.45) is 0 Å². The van der Waals surface area contributed by atoms with E-state index in [1.165, 1.54) is 127 Å². The molecular weight excluding hydrogens is 370 g/mol. The zero-order valence-electron chi connectivity index (χ0n) is 18.3. The van der Waals surface area contributed by atoms with Gasteiger partial charge in [-0.1, -0.05) is 97.8 Å². The number of nitrogens with zero attached hydrogens (tertiary/aromatic N) is 1. The minimum atomic E-state index is 0. The van der Waals surface area contributed by atoms with Crippen LogP contribution in [0.15, 0.2) is 0 Å². The van der Waals surface area contributed by atoms with Crippen LogP contribution in [0.25, 0.3) is 0 Å². The summed E-state index contributed by atoms with van der Waals surface area (Å²) < 4.78 is 1.31. The van der Waals surface area contributed by atoms with E-state index in [0.717, 1.165) is 0 Å². The molecule has 0 aromatic heterocycles. The Morgan fingerprint density at radius 3 is 1.04 bits per heavy atom. The Labute approximate surface area is 171 Å². The quantitative estimate of drug-likeness (QED) is 0.209. The first-order valence-corrected chi connectivity index (χ1v) is 11.5. The lowest BCUT2D eigenvalue weighted by Gasteiger charge is -2.34. The molecule has 0 radical (unpaired) electrons. The molecule has 0 aliphatic carbocycles. The van der Waals surface area contributed by atoms with Gasteiger partial charge in [0.05, 0.1) is 26.7 Å². The molecule has 0 N–H and O–H groups in total. The van der Waals surface area contributed by atoms with Crippen LogP contribution in [-0.2, 0) is 0 Å². The summed E-state index contributed by atoms with van der Waals surface area (Å²) in [5, 5.41) is 0. The lowest BCUT2D eigenvalue weighted by Crippen LogP contribution is -3.00. The Bertz CT molecular complexity index is 236. The summed E-state index contributed by atoms with van der Waals surface area (Å²) in [6, 6.07) is 0. The second-order valence-electron chi connectivity index (χ2n) is 8.39. The number of unbranched alkanes of at least 4 members (excludes halogenated alkanes) is 13. The maximum Gasteiger partial charge on any atom is 0.0784 e. The Morgan fingerprint density at radius 2 is 0.720 bits per heavy atom. The third-order valence-corrected chi connectivity index (χ3v) is 5.58. The monoisotopic (exact) mass is 419 g/mol. The Morgan fingerprint density at radius 1 is 0.400 bits per heavy atom. The van der Waals surface area contributed by atoms with Gasteiger partial charge in [0, 0.05) is 0 Å². The minimum absolute atomic E-state index is 0. The molecule has 0 rings (SSSR count). The average molecular weight is 421 g/mol. The molecular formula is C23H50BrN. The fraction of sp³-hybridized carbons (Fsp3) is 1.00. The molecule has 0 aromatic rings. The molecule has 2 heteroatoms. The van der Waals surface area contributed by atoms with E-state index in [2.05, 4.69) is 27.8 Å². The molecule has 0 atom stereocenters. The van der Waals surface area contributed by atoms with Gasteiger partial charge in [0.1, 0.15) is 0 Å². The van der Waals surface area contributed by atoms with Gasteiger partial charge < -0.3 is 21.5 Å². The topological polar surface area (TPSA) is 0 Å². The van der Waals surface area contributed by atoms with Crippen molar-refractivity contribution in [3.8, 4) is 0 Å². The molecule has 1 nitrogen and oxygen atoms in total. The maximum absolute atomic E-state index is 2.47. The fourth-order valence-corrected chi connectivity index (χ4v) is 4.10. The number of quaternary nitrogens is 1. The molecule has 0 saturated carbocycles. The molecule has 0 unspecified atom stereocenters. The third kappa shape index (κ3) is 19.0. The van der Waals surface area contributed by atoms with Gasteiger partial charge in [0.15, 0.2) is 0 Å². The lowest BCUT2D eigenvalue weighted by molar-refractivity contribution is -0.909. The molecule has 0 aliphatic heterocycles. The number of rotatable bonds is 19. The van der Waals surface area contributed by atoms with Crippen LogP contribution in [0.2, 0.25) is 0 Å². The maximum atomic E-state index is 2.47. The highest BCUT2D eigenvalue weighted by molar-refractivity contribution is 4.50. The van der Waals surface area contributed by atoms with Crippen molar-refractivity contribution in [1.82, 2.24) is 0 Å². The van der Waals surface area contributed by atoms with Crippen molar-refractivity contribution in [3.05, 3.63) is 0 Å². The molecule has 154 valence electrons. The molecule has 0 fully saturated rings. The molecule has 0 bridgehead atoms. The van der Waals surface area contributed by atoms with Crippen molar-refractivity contribution in [3.63, 3.8) is 0 Å². The largest absolute Gasteiger partial charge is 1.00 e. The van der Waals surface area contributed by atoms with E-state index < -0.39 is 0 Å². The summed E-state index contributed by atoms with van der Waals surface area (Å²) in [5.41, 5.74) is 0. The second kappa shape index (κ2) is 20.7. The normalized spacial score (nSPS) is 11.5. The number of halogens is 1. The summed E-state index contributed by atoms with van der Waals surface area (Å²) in [6.07, 6.45) is 23.1. The van der Waals surface area contributed by atoms with Crippen molar-refractivity contribution in [2.75, 3.05) is 26.7 Å². The fourth-order valence-electron chi connectivity index (χ4n) is 4.10. The van der Waals surface area contributed by atoms with Crippen LogP contribution in [0.4, 0.5) is 0 Å². The highest BCUT2D eigenvalue weighted by atomic mass is 79.9. The highest BCUT2D eigenvalue weighted by Gasteiger charge is 2.18. The summed E-state index contributed by atoms with van der Waals surface area (Å²) in [5.74, 6) is 0. The van der Waals surface area contributed by atoms with Gasteiger partial charge in [-0.05, 0) is 25.7 Å². The summed E-state index contributed by atoms with van der Waals surface area (Å²) >= 11 is 0. The standard InChI is InChI=1S/C23H50N.BrH/c1-5-8-9-10-11-12-13-14-15-16-17-18-19-20-23-24(4,21-6-2)22-7-3;/h5-23H2,1-4H3;1H/q+1;/p-1. The van der Waals surface area contributed by atoms with Gasteiger partial charge in [-0.25, -0.2) is 0 Å². The molecule has 25 heavy (non-hydrogen) atoms. The molecule has 0 spiro atoms. The van der Waals surface area contributed by atoms with Crippen LogP contribution in [-0.4, -0.2) is 31.2 Å². The van der Waals surface area contributed by atoms with Crippen molar-refractivity contribution in [1.29, 1.82) is 0 Å². The Hall–Kier alpha value is 0.440. The van der Waals surface area contributed by atoms with Crippen LogP contribution in [0.1, 0.15) is 124 Å². The number of hydrogen-bond donors (Lipinski definition) is 0. The van der Waals surface area contributed by atoms with Crippen molar-refractivity contribution >= 4 is 0 Å². The minimum Gasteiger partial charge on any atom is -1.00 e. The first-order valence-electron chi connectivity index (χ1n) is 11.5. The van der Waals surface area contributed by atoms with Gasteiger partial charge in [0.25, 0.3) is 0 Å². The van der Waals surface area contributed by atoms with Crippen molar-refractivity contribution in [2.45, 2.75) is 124 Å². The van der Waals surface area contributed by atoms with Gasteiger partial charge in [-0.15, -0.1) is 0 Å². The van der Waals surface area contributed by atoms with Crippen LogP contribution >= 0.6 is 0 Å². The molecule has 0 amide bonds. The third-order valence-electron chi connectivity index (χ3n) is 5.58. The molecule has 0 aromatic carbocycles. The highest BCUT2D eigenvalue weighted by Crippen LogP contribution is 2.14. The summed E-state index contributed by atoms with van der Waals surface area (Å²) in [4.78, 5) is 0. The summed E-state index contributed by atoms with van der Waals surface area (Å²) in [6.45, 7) is 11.1. The lowest BCUT2D eigenvalue weighted by atomic mass is 10.0. The van der Waals surface area contributed by atoms with Gasteiger partial charge in [-0.3, -0.25) is 0 Å². The molecule has 0 heterocycles. The Balaban J connectivity index is 0. The van der Waals surface area contributed by atoms with E-state index in [1.54, 1.807) is 0 Å². The van der Waals surface area contributed by atoms with E-state index in [0.29, 0.717) is 0 Å². The average Bonchev–Trinajstić information content (AvgIpc) is 2.55. The SMILES string of the molecule is CCCCCCCCCCCCCCCC[N+](C)(CCC)CCC.[Br-]. The van der Waals surface area contributed by atoms with Crippen molar-refractivity contribution < 1.29 is 21.5 Å². The first kappa shape index (κ1) is 27.7. The van der Waals surface area contributed by atoms with Crippen LogP contribution in [0, 0.1) is 0 Å². The van der Waals surface area contributed by atoms with Gasteiger partial charge >= 0.3 is 0 Å². The zero-order valence-corrected chi connectivity index (χ0v) is 19.8. The second-order valence-corrected chi connectivity index (χ2v) is 8.39. The van der Waals surface area contributed by atoms with E-state index in [9.17, 15) is 0 Å². The molecule has 0 saturated heterocycles. The smallest absolute Gasteiger partial charge is 0.0784 e. The summed E-state index contributed by atoms with van der Waals surface area (Å²) in [7, 11) is 2.47. The number of hydrogen-bond acceptors (Lipinski definition) is 0. The Kier molecular flexibility index (Phi) is 23.0. The van der Waals surface area contributed by atoms with E-state index in [4.69, 9.17) is 0 Å². The van der Waals surface area contributed by atoms with Gasteiger partial charge in [0.2, 0.25) is 0 Å². The molecule has 0 aliphatic rings. The van der Waals surface area contributed by atoms with E-state index in [1.807, 2.05) is 0 Å². The van der Waals surface area contributed by atoms with E-state index in [-0.39, 0.29) is 17.0 Å². The predicted octanol–water partition coefficient (Wildman–Crippen LogP) is 4.74.